The standard InChI is InChI=1S/C6H14BrN3O3/c11-7(12)13-10-5-3-8-1-2-9-4-6-10/h8-9H,1-6H2. The lowest BCUT2D eigenvalue weighted by Gasteiger charge is -2.12. The topological polar surface area (TPSA) is 82.6 Å². The monoisotopic (exact) mass is 255 g/mol. The number of hydrogen-bond donors (Lipinski definition) is 2. The Bertz CT molecular complexity index is 128. The van der Waals surface area contributed by atoms with Crippen LogP contribution in [-0.4, -0.2) is 44.3 Å². The van der Waals surface area contributed by atoms with E-state index in [4.69, 9.17) is 0 Å². The average Bonchev–Trinajstić information content (AvgIpc) is 2.17. The minimum atomic E-state index is -3.12. The Morgan fingerprint density at radius 1 is 1.00 bits per heavy atom. The zero-order chi connectivity index (χ0) is 9.52. The van der Waals surface area contributed by atoms with Crippen LogP contribution >= 0.6 is 0 Å². The molecule has 13 heavy (non-hydrogen) atoms. The second-order valence-corrected chi connectivity index (χ2v) is 3.77. The zero-order valence-electron chi connectivity index (χ0n) is 7.29. The fourth-order valence-corrected chi connectivity index (χ4v) is 1.72. The summed E-state index contributed by atoms with van der Waals surface area (Å²) in [6, 6.07) is 0. The summed E-state index contributed by atoms with van der Waals surface area (Å²) in [5, 5.41) is 7.77. The van der Waals surface area contributed by atoms with Crippen molar-refractivity contribution in [2.75, 3.05) is 39.3 Å². The van der Waals surface area contributed by atoms with E-state index in [9.17, 15) is 8.40 Å². The van der Waals surface area contributed by atoms with E-state index in [1.54, 1.807) is 0 Å². The minimum absolute atomic E-state index is 0.598. The molecule has 1 rings (SSSR count). The van der Waals surface area contributed by atoms with Crippen LogP contribution in [0.15, 0.2) is 0 Å². The van der Waals surface area contributed by atoms with Crippen LogP contribution in [-0.2, 0) is 3.93 Å². The molecule has 0 aromatic rings. The van der Waals surface area contributed by atoms with Crippen LogP contribution in [0.3, 0.4) is 0 Å². The van der Waals surface area contributed by atoms with Gasteiger partial charge < -0.3 is 19.0 Å². The van der Waals surface area contributed by atoms with Crippen molar-refractivity contribution in [3.8, 4) is 0 Å². The van der Waals surface area contributed by atoms with Crippen LogP contribution in [0.2, 0.25) is 0 Å². The van der Waals surface area contributed by atoms with Crippen molar-refractivity contribution < 1.29 is 27.1 Å². The Labute approximate surface area is 82.6 Å². The Kier molecular flexibility index (Phi) is 5.80. The number of nitrogens with zero attached hydrogens (tertiary/aromatic N) is 1. The van der Waals surface area contributed by atoms with E-state index >= 15 is 0 Å². The Hall–Kier alpha value is 0.240. The van der Waals surface area contributed by atoms with Crippen molar-refractivity contribution in [1.29, 1.82) is 0 Å². The molecule has 2 N–H and O–H groups in total. The molecular weight excluding hydrogens is 242 g/mol. The molecule has 1 aliphatic rings. The highest BCUT2D eigenvalue weighted by Gasteiger charge is 2.20. The highest BCUT2D eigenvalue weighted by Crippen LogP contribution is 1.91. The third-order valence-corrected chi connectivity index (χ3v) is 2.35. The lowest BCUT2D eigenvalue weighted by molar-refractivity contribution is -1.64. The third kappa shape index (κ3) is 5.53. The van der Waals surface area contributed by atoms with Crippen molar-refractivity contribution in [2.45, 2.75) is 0 Å². The SMILES string of the molecule is [O-][Br+2]([O-])ON1CCNCCNCC1. The van der Waals surface area contributed by atoms with Crippen LogP contribution in [0.5, 0.6) is 0 Å². The number of rotatable bonds is 2. The highest BCUT2D eigenvalue weighted by atomic mass is 80.0. The van der Waals surface area contributed by atoms with E-state index in [-0.39, 0.29) is 0 Å². The van der Waals surface area contributed by atoms with E-state index in [0.717, 1.165) is 26.2 Å². The maximum absolute atomic E-state index is 10.3. The number of nitrogens with one attached hydrogen (secondary N) is 2. The van der Waals surface area contributed by atoms with Gasteiger partial charge in [-0.05, 0) is 0 Å². The quantitative estimate of drug-likeness (QED) is 0.533. The average molecular weight is 256 g/mol. The lowest BCUT2D eigenvalue weighted by Crippen LogP contribution is -2.44. The fourth-order valence-electron chi connectivity index (χ4n) is 1.09. The molecule has 6 nitrogen and oxygen atoms in total. The zero-order valence-corrected chi connectivity index (χ0v) is 8.88. The molecule has 0 spiro atoms. The van der Waals surface area contributed by atoms with Gasteiger partial charge in [0.15, 0.2) is 0 Å². The van der Waals surface area contributed by atoms with Crippen LogP contribution in [0.25, 0.3) is 0 Å². The summed E-state index contributed by atoms with van der Waals surface area (Å²) in [7, 11) is 0. The second kappa shape index (κ2) is 6.66. The van der Waals surface area contributed by atoms with Gasteiger partial charge in [-0.15, -0.1) is 0 Å². The number of halogens is 1. The molecule has 0 bridgehead atoms. The van der Waals surface area contributed by atoms with Gasteiger partial charge in [-0.3, -0.25) is 0 Å². The molecule has 1 saturated heterocycles. The number of hydroxylamine groups is 2. The first-order valence-corrected chi connectivity index (χ1v) is 6.13. The molecule has 78 valence electrons. The van der Waals surface area contributed by atoms with Gasteiger partial charge in [0.05, 0.1) is 3.93 Å². The molecule has 1 heterocycles. The van der Waals surface area contributed by atoms with Gasteiger partial charge in [-0.2, -0.15) is 0 Å². The summed E-state index contributed by atoms with van der Waals surface area (Å²) >= 11 is -3.12. The van der Waals surface area contributed by atoms with Crippen molar-refractivity contribution in [1.82, 2.24) is 15.7 Å². The molecule has 0 aromatic carbocycles. The molecule has 0 atom stereocenters. The molecule has 0 aromatic heterocycles. The minimum Gasteiger partial charge on any atom is -0.371 e. The van der Waals surface area contributed by atoms with Crippen LogP contribution in [0.1, 0.15) is 0 Å². The molecule has 0 radical (unpaired) electrons. The van der Waals surface area contributed by atoms with Gasteiger partial charge in [0, 0.05) is 39.3 Å². The Morgan fingerprint density at radius 3 is 2.00 bits per heavy atom. The van der Waals surface area contributed by atoms with E-state index in [2.05, 4.69) is 14.6 Å². The molecule has 1 aliphatic heterocycles. The fraction of sp³-hybridized carbons (Fsp3) is 1.00. The van der Waals surface area contributed by atoms with Gasteiger partial charge in [0.2, 0.25) is 0 Å². The summed E-state index contributed by atoms with van der Waals surface area (Å²) in [5.41, 5.74) is 0. The highest BCUT2D eigenvalue weighted by molar-refractivity contribution is 4.59. The molecule has 0 saturated carbocycles. The van der Waals surface area contributed by atoms with Crippen molar-refractivity contribution in [3.05, 3.63) is 0 Å². The molecule has 7 heteroatoms. The van der Waals surface area contributed by atoms with E-state index < -0.39 is 14.8 Å². The lowest BCUT2D eigenvalue weighted by atomic mass is 10.5. The number of hydrogen-bond acceptors (Lipinski definition) is 6. The molecule has 1 fully saturated rings. The van der Waals surface area contributed by atoms with Crippen molar-refractivity contribution in [2.24, 2.45) is 0 Å². The largest absolute Gasteiger partial charge is 0.464 e. The molecular formula is C6H14BrN3O3. The maximum atomic E-state index is 10.3. The van der Waals surface area contributed by atoms with Gasteiger partial charge in [0.25, 0.3) is 0 Å². The summed E-state index contributed by atoms with van der Waals surface area (Å²) in [5.74, 6) is 0. The summed E-state index contributed by atoms with van der Waals surface area (Å²) in [4.78, 5) is 0. The van der Waals surface area contributed by atoms with Gasteiger partial charge in [-0.1, -0.05) is 5.06 Å². The van der Waals surface area contributed by atoms with Crippen LogP contribution in [0, 0.1) is 14.8 Å². The third-order valence-electron chi connectivity index (χ3n) is 1.71. The summed E-state index contributed by atoms with van der Waals surface area (Å²) < 4.78 is 25.3. The molecule has 0 unspecified atom stereocenters. The first-order chi connectivity index (χ1) is 6.29. The van der Waals surface area contributed by atoms with Gasteiger partial charge in [0.1, 0.15) is 0 Å². The first-order valence-electron chi connectivity index (χ1n) is 4.19. The predicted molar refractivity (Wildman–Crippen MR) is 38.4 cm³/mol. The van der Waals surface area contributed by atoms with E-state index in [0.29, 0.717) is 13.1 Å². The van der Waals surface area contributed by atoms with Crippen molar-refractivity contribution >= 4 is 0 Å². The van der Waals surface area contributed by atoms with Gasteiger partial charge >= 0.3 is 14.8 Å². The van der Waals surface area contributed by atoms with Crippen LogP contribution in [0.4, 0.5) is 0 Å². The Morgan fingerprint density at radius 2 is 1.54 bits per heavy atom. The van der Waals surface area contributed by atoms with Crippen LogP contribution < -0.4 is 19.0 Å². The summed E-state index contributed by atoms with van der Waals surface area (Å²) in [6.07, 6.45) is 0. The normalized spacial score (nSPS) is 22.4. The van der Waals surface area contributed by atoms with E-state index in [1.165, 1.54) is 5.06 Å². The van der Waals surface area contributed by atoms with Gasteiger partial charge in [-0.25, -0.2) is 0 Å². The molecule has 0 amide bonds. The van der Waals surface area contributed by atoms with Crippen molar-refractivity contribution in [3.63, 3.8) is 0 Å². The first kappa shape index (κ1) is 11.3. The molecule has 0 aliphatic carbocycles. The predicted octanol–water partition coefficient (Wildman–Crippen LogP) is -3.50. The Balaban J connectivity index is 2.24. The van der Waals surface area contributed by atoms with E-state index in [1.807, 2.05) is 0 Å². The second-order valence-electron chi connectivity index (χ2n) is 2.69. The summed E-state index contributed by atoms with van der Waals surface area (Å²) in [6.45, 7) is 4.50. The maximum Gasteiger partial charge on any atom is 0.464 e. The smallest absolute Gasteiger partial charge is 0.371 e.